The lowest BCUT2D eigenvalue weighted by atomic mass is 9.99. The molecule has 0 aliphatic carbocycles. The molecule has 0 aromatic heterocycles. The Balaban J connectivity index is 2.50. The molecule has 0 radical (unpaired) electrons. The van der Waals surface area contributed by atoms with E-state index in [0.717, 1.165) is 28.1 Å². The molecular formula is C15H16N2OS. The summed E-state index contributed by atoms with van der Waals surface area (Å²) in [4.78, 5) is 0. The number of anilines is 1. The summed E-state index contributed by atoms with van der Waals surface area (Å²) in [5.74, 6) is 0.720. The molecule has 0 spiro atoms. The maximum atomic E-state index is 5.51. The number of nitrogens with two attached hydrogens (primary N) is 1. The van der Waals surface area contributed by atoms with Crippen LogP contribution in [0.3, 0.4) is 0 Å². The topological polar surface area (TPSA) is 47.3 Å². The molecule has 0 fully saturated rings. The molecule has 0 heterocycles. The van der Waals surface area contributed by atoms with E-state index in [4.69, 9.17) is 22.7 Å². The van der Waals surface area contributed by atoms with Gasteiger partial charge in [0.15, 0.2) is 5.11 Å². The van der Waals surface area contributed by atoms with Crippen molar-refractivity contribution in [3.63, 3.8) is 0 Å². The van der Waals surface area contributed by atoms with E-state index in [2.05, 4.69) is 17.4 Å². The van der Waals surface area contributed by atoms with Crippen molar-refractivity contribution in [3.05, 3.63) is 48.0 Å². The first-order valence-electron chi connectivity index (χ1n) is 5.92. The molecule has 4 heteroatoms. The zero-order chi connectivity index (χ0) is 13.8. The van der Waals surface area contributed by atoms with E-state index in [1.165, 1.54) is 0 Å². The molecule has 0 aliphatic rings. The normalized spacial score (nSPS) is 10.0. The van der Waals surface area contributed by atoms with Crippen LogP contribution < -0.4 is 15.8 Å². The van der Waals surface area contributed by atoms with E-state index in [0.29, 0.717) is 0 Å². The van der Waals surface area contributed by atoms with E-state index in [1.807, 2.05) is 37.3 Å². The van der Waals surface area contributed by atoms with Crippen LogP contribution in [-0.4, -0.2) is 12.2 Å². The Morgan fingerprint density at radius 3 is 2.47 bits per heavy atom. The van der Waals surface area contributed by atoms with Gasteiger partial charge in [-0.3, -0.25) is 0 Å². The van der Waals surface area contributed by atoms with Crippen molar-refractivity contribution in [2.24, 2.45) is 5.73 Å². The van der Waals surface area contributed by atoms with Crippen molar-refractivity contribution in [2.75, 3.05) is 12.4 Å². The van der Waals surface area contributed by atoms with Crippen molar-refractivity contribution in [2.45, 2.75) is 6.92 Å². The molecule has 0 atom stereocenters. The third-order valence-electron chi connectivity index (χ3n) is 2.89. The zero-order valence-corrected chi connectivity index (χ0v) is 11.8. The van der Waals surface area contributed by atoms with Crippen LogP contribution in [0.4, 0.5) is 5.69 Å². The first-order valence-corrected chi connectivity index (χ1v) is 6.33. The molecule has 3 nitrogen and oxygen atoms in total. The highest BCUT2D eigenvalue weighted by Crippen LogP contribution is 2.33. The standard InChI is InChI=1S/C15H16N2OS/c1-10-8-13(17-15(16)19)14(18-2)9-12(10)11-6-4-3-5-7-11/h3-9H,1-2H3,(H3,16,17,19). The van der Waals surface area contributed by atoms with E-state index < -0.39 is 0 Å². The van der Waals surface area contributed by atoms with Crippen molar-refractivity contribution < 1.29 is 4.74 Å². The van der Waals surface area contributed by atoms with E-state index in [-0.39, 0.29) is 5.11 Å². The minimum Gasteiger partial charge on any atom is -0.495 e. The van der Waals surface area contributed by atoms with Crippen LogP contribution in [0.5, 0.6) is 5.75 Å². The van der Waals surface area contributed by atoms with Crippen molar-refractivity contribution >= 4 is 23.0 Å². The second-order valence-electron chi connectivity index (χ2n) is 4.22. The summed E-state index contributed by atoms with van der Waals surface area (Å²) in [6.07, 6.45) is 0. The Bertz CT molecular complexity index is 597. The molecular weight excluding hydrogens is 256 g/mol. The lowest BCUT2D eigenvalue weighted by molar-refractivity contribution is 0.417. The smallest absolute Gasteiger partial charge is 0.168 e. The number of ether oxygens (including phenoxy) is 1. The van der Waals surface area contributed by atoms with Gasteiger partial charge in [-0.25, -0.2) is 0 Å². The molecule has 2 aromatic carbocycles. The van der Waals surface area contributed by atoms with Crippen LogP contribution >= 0.6 is 12.2 Å². The van der Waals surface area contributed by atoms with Gasteiger partial charge in [-0.2, -0.15) is 0 Å². The van der Waals surface area contributed by atoms with Crippen LogP contribution in [0, 0.1) is 6.92 Å². The molecule has 0 unspecified atom stereocenters. The van der Waals surface area contributed by atoms with Crippen LogP contribution in [0.1, 0.15) is 5.56 Å². The van der Waals surface area contributed by atoms with E-state index in [1.54, 1.807) is 7.11 Å². The number of rotatable bonds is 3. The van der Waals surface area contributed by atoms with Gasteiger partial charge >= 0.3 is 0 Å². The fraction of sp³-hybridized carbons (Fsp3) is 0.133. The Kier molecular flexibility index (Phi) is 4.02. The zero-order valence-electron chi connectivity index (χ0n) is 10.9. The molecule has 0 bridgehead atoms. The molecule has 0 saturated carbocycles. The highest BCUT2D eigenvalue weighted by atomic mass is 32.1. The van der Waals surface area contributed by atoms with Gasteiger partial charge in [-0.15, -0.1) is 0 Å². The quantitative estimate of drug-likeness (QED) is 0.841. The average molecular weight is 272 g/mol. The van der Waals surface area contributed by atoms with Gasteiger partial charge in [0.2, 0.25) is 0 Å². The molecule has 19 heavy (non-hydrogen) atoms. The second-order valence-corrected chi connectivity index (χ2v) is 4.66. The van der Waals surface area contributed by atoms with Crippen molar-refractivity contribution in [3.8, 4) is 16.9 Å². The Morgan fingerprint density at radius 1 is 1.21 bits per heavy atom. The number of aryl methyl sites for hydroxylation is 1. The van der Waals surface area contributed by atoms with Crippen molar-refractivity contribution in [1.29, 1.82) is 0 Å². The third kappa shape index (κ3) is 3.03. The average Bonchev–Trinajstić information content (AvgIpc) is 2.39. The number of hydrogen-bond acceptors (Lipinski definition) is 2. The molecule has 98 valence electrons. The lowest BCUT2D eigenvalue weighted by Gasteiger charge is -2.14. The first-order chi connectivity index (χ1) is 9.11. The van der Waals surface area contributed by atoms with Crippen LogP contribution in [0.2, 0.25) is 0 Å². The number of nitrogens with one attached hydrogen (secondary N) is 1. The lowest BCUT2D eigenvalue weighted by Crippen LogP contribution is -2.19. The SMILES string of the molecule is COc1cc(-c2ccccc2)c(C)cc1NC(N)=S. The summed E-state index contributed by atoms with van der Waals surface area (Å²) < 4.78 is 5.39. The largest absolute Gasteiger partial charge is 0.495 e. The minimum absolute atomic E-state index is 0.227. The third-order valence-corrected chi connectivity index (χ3v) is 2.99. The van der Waals surface area contributed by atoms with Gasteiger partial charge in [0.25, 0.3) is 0 Å². The Morgan fingerprint density at radius 2 is 1.89 bits per heavy atom. The summed E-state index contributed by atoms with van der Waals surface area (Å²) >= 11 is 4.87. The van der Waals surface area contributed by atoms with Crippen LogP contribution in [-0.2, 0) is 0 Å². The Hall–Kier alpha value is -2.07. The van der Waals surface area contributed by atoms with Gasteiger partial charge in [-0.05, 0) is 48.0 Å². The first kappa shape index (κ1) is 13.4. The predicted octanol–water partition coefficient (Wildman–Crippen LogP) is 3.33. The molecule has 3 N–H and O–H groups in total. The number of methoxy groups -OCH3 is 1. The summed E-state index contributed by atoms with van der Waals surface area (Å²) in [5.41, 5.74) is 9.71. The minimum atomic E-state index is 0.227. The Labute approximate surface area is 118 Å². The highest BCUT2D eigenvalue weighted by Gasteiger charge is 2.09. The monoisotopic (exact) mass is 272 g/mol. The molecule has 2 rings (SSSR count). The maximum absolute atomic E-state index is 5.51. The molecule has 0 aliphatic heterocycles. The van der Waals surface area contributed by atoms with Gasteiger partial charge in [0.05, 0.1) is 12.8 Å². The van der Waals surface area contributed by atoms with Gasteiger partial charge in [0, 0.05) is 0 Å². The predicted molar refractivity (Wildman–Crippen MR) is 83.6 cm³/mol. The maximum Gasteiger partial charge on any atom is 0.168 e. The highest BCUT2D eigenvalue weighted by molar-refractivity contribution is 7.80. The molecule has 0 amide bonds. The fourth-order valence-electron chi connectivity index (χ4n) is 2.02. The molecule has 2 aromatic rings. The summed E-state index contributed by atoms with van der Waals surface area (Å²) in [5, 5.41) is 3.16. The number of hydrogen-bond donors (Lipinski definition) is 2. The fourth-order valence-corrected chi connectivity index (χ4v) is 2.13. The van der Waals surface area contributed by atoms with E-state index >= 15 is 0 Å². The van der Waals surface area contributed by atoms with Gasteiger partial charge in [-0.1, -0.05) is 30.3 Å². The van der Waals surface area contributed by atoms with Gasteiger partial charge in [0.1, 0.15) is 5.75 Å². The second kappa shape index (κ2) is 5.71. The van der Waals surface area contributed by atoms with Gasteiger partial charge < -0.3 is 15.8 Å². The van der Waals surface area contributed by atoms with Crippen LogP contribution in [0.25, 0.3) is 11.1 Å². The summed E-state index contributed by atoms with van der Waals surface area (Å²) in [6.45, 7) is 2.05. The van der Waals surface area contributed by atoms with Crippen molar-refractivity contribution in [1.82, 2.24) is 0 Å². The summed E-state index contributed by atoms with van der Waals surface area (Å²) in [7, 11) is 1.63. The molecule has 0 saturated heterocycles. The van der Waals surface area contributed by atoms with E-state index in [9.17, 15) is 0 Å². The number of benzene rings is 2. The number of thiocarbonyl (C=S) groups is 1. The summed E-state index contributed by atoms with van der Waals surface area (Å²) in [6, 6.07) is 14.2. The van der Waals surface area contributed by atoms with Crippen LogP contribution in [0.15, 0.2) is 42.5 Å².